The van der Waals surface area contributed by atoms with Crippen molar-refractivity contribution >= 4 is 17.2 Å². The molecule has 0 aliphatic carbocycles. The van der Waals surface area contributed by atoms with Gasteiger partial charge in [-0.2, -0.15) is 0 Å². The van der Waals surface area contributed by atoms with Gasteiger partial charge in [0.1, 0.15) is 0 Å². The zero-order chi connectivity index (χ0) is 15.4. The molecule has 5 nitrogen and oxygen atoms in total. The molecule has 2 aromatic heterocycles. The summed E-state index contributed by atoms with van der Waals surface area (Å²) in [5.41, 5.74) is 1.05. The SMILES string of the molecule is O=C(N[C@H](CO)c1ccccc1)c1ncoc1-c1cccs1. The molecule has 1 atom stereocenters. The summed E-state index contributed by atoms with van der Waals surface area (Å²) in [6.07, 6.45) is 1.25. The van der Waals surface area contributed by atoms with E-state index in [1.807, 2.05) is 47.8 Å². The van der Waals surface area contributed by atoms with Crippen LogP contribution in [0.1, 0.15) is 22.1 Å². The molecule has 22 heavy (non-hydrogen) atoms. The maximum absolute atomic E-state index is 12.4. The highest BCUT2D eigenvalue weighted by Gasteiger charge is 2.22. The van der Waals surface area contributed by atoms with Crippen molar-refractivity contribution in [1.29, 1.82) is 0 Å². The molecule has 1 amide bonds. The number of carbonyl (C=O) groups excluding carboxylic acids is 1. The molecule has 3 rings (SSSR count). The minimum Gasteiger partial charge on any atom is -0.442 e. The smallest absolute Gasteiger partial charge is 0.274 e. The van der Waals surface area contributed by atoms with Gasteiger partial charge in [0.2, 0.25) is 0 Å². The van der Waals surface area contributed by atoms with E-state index in [0.29, 0.717) is 5.76 Å². The summed E-state index contributed by atoms with van der Waals surface area (Å²) < 4.78 is 5.33. The van der Waals surface area contributed by atoms with Gasteiger partial charge >= 0.3 is 0 Å². The van der Waals surface area contributed by atoms with Crippen molar-refractivity contribution in [2.75, 3.05) is 6.61 Å². The van der Waals surface area contributed by atoms with Gasteiger partial charge in [-0.1, -0.05) is 36.4 Å². The first-order chi connectivity index (χ1) is 10.8. The van der Waals surface area contributed by atoms with E-state index in [1.165, 1.54) is 17.7 Å². The minimum absolute atomic E-state index is 0.193. The molecule has 1 aromatic carbocycles. The fourth-order valence-corrected chi connectivity index (χ4v) is 2.85. The third-order valence-electron chi connectivity index (χ3n) is 3.22. The van der Waals surface area contributed by atoms with Crippen molar-refractivity contribution in [3.05, 3.63) is 65.5 Å². The van der Waals surface area contributed by atoms with E-state index in [2.05, 4.69) is 10.3 Å². The van der Waals surface area contributed by atoms with E-state index >= 15 is 0 Å². The monoisotopic (exact) mass is 314 g/mol. The van der Waals surface area contributed by atoms with Gasteiger partial charge in [0.05, 0.1) is 17.5 Å². The number of nitrogens with zero attached hydrogens (tertiary/aromatic N) is 1. The molecule has 0 spiro atoms. The number of rotatable bonds is 5. The van der Waals surface area contributed by atoms with Gasteiger partial charge in [-0.3, -0.25) is 4.79 Å². The summed E-state index contributed by atoms with van der Waals surface area (Å²) in [5.74, 6) is 0.0669. The highest BCUT2D eigenvalue weighted by molar-refractivity contribution is 7.13. The van der Waals surface area contributed by atoms with Crippen molar-refractivity contribution in [2.24, 2.45) is 0 Å². The maximum Gasteiger partial charge on any atom is 0.274 e. The first kappa shape index (κ1) is 14.5. The van der Waals surface area contributed by atoms with Gasteiger partial charge in [-0.15, -0.1) is 11.3 Å². The van der Waals surface area contributed by atoms with Crippen LogP contribution in [0.25, 0.3) is 10.6 Å². The lowest BCUT2D eigenvalue weighted by molar-refractivity contribution is 0.0912. The van der Waals surface area contributed by atoms with Crippen LogP contribution in [0, 0.1) is 0 Å². The number of aromatic nitrogens is 1. The van der Waals surface area contributed by atoms with Crippen LogP contribution < -0.4 is 5.32 Å². The number of carbonyl (C=O) groups is 1. The molecule has 2 N–H and O–H groups in total. The van der Waals surface area contributed by atoms with E-state index in [4.69, 9.17) is 4.42 Å². The molecule has 2 heterocycles. The molecular weight excluding hydrogens is 300 g/mol. The molecule has 0 aliphatic heterocycles. The number of benzene rings is 1. The van der Waals surface area contributed by atoms with Crippen LogP contribution in [0.15, 0.2) is 58.7 Å². The maximum atomic E-state index is 12.4. The van der Waals surface area contributed by atoms with Crippen LogP contribution >= 0.6 is 11.3 Å². The number of amides is 1. The number of aliphatic hydroxyl groups is 1. The fourth-order valence-electron chi connectivity index (χ4n) is 2.14. The predicted octanol–water partition coefficient (Wildman–Crippen LogP) is 2.87. The zero-order valence-corrected chi connectivity index (χ0v) is 12.4. The van der Waals surface area contributed by atoms with Crippen molar-refractivity contribution in [2.45, 2.75) is 6.04 Å². The first-order valence-corrected chi connectivity index (χ1v) is 7.61. The predicted molar refractivity (Wildman–Crippen MR) is 83.6 cm³/mol. The van der Waals surface area contributed by atoms with E-state index in [0.717, 1.165) is 10.4 Å². The van der Waals surface area contributed by atoms with Crippen LogP contribution in [0.2, 0.25) is 0 Å². The lowest BCUT2D eigenvalue weighted by Gasteiger charge is -2.16. The number of thiophene rings is 1. The molecule has 0 bridgehead atoms. The van der Waals surface area contributed by atoms with E-state index in [9.17, 15) is 9.90 Å². The summed E-state index contributed by atoms with van der Waals surface area (Å²) >= 11 is 1.47. The van der Waals surface area contributed by atoms with Crippen molar-refractivity contribution in [3.8, 4) is 10.6 Å². The average Bonchev–Trinajstić information content (AvgIpc) is 3.23. The topological polar surface area (TPSA) is 75.4 Å². The highest BCUT2D eigenvalue weighted by atomic mass is 32.1. The van der Waals surface area contributed by atoms with Crippen molar-refractivity contribution in [1.82, 2.24) is 10.3 Å². The van der Waals surface area contributed by atoms with Gasteiger partial charge in [0.15, 0.2) is 17.8 Å². The third kappa shape index (κ3) is 2.93. The Bertz CT molecular complexity index is 738. The van der Waals surface area contributed by atoms with Crippen LogP contribution in [-0.2, 0) is 0 Å². The summed E-state index contributed by atoms with van der Waals surface area (Å²) in [5, 5.41) is 14.2. The number of hydrogen-bond acceptors (Lipinski definition) is 5. The Balaban J connectivity index is 1.82. The Hall–Kier alpha value is -2.44. The zero-order valence-electron chi connectivity index (χ0n) is 11.6. The second-order valence-electron chi connectivity index (χ2n) is 4.63. The Labute approximate surface area is 131 Å². The van der Waals surface area contributed by atoms with Gasteiger partial charge in [0, 0.05) is 0 Å². The number of oxazole rings is 1. The summed E-state index contributed by atoms with van der Waals surface area (Å²) in [7, 11) is 0. The van der Waals surface area contributed by atoms with Crippen molar-refractivity contribution < 1.29 is 14.3 Å². The third-order valence-corrected chi connectivity index (χ3v) is 4.09. The number of hydrogen-bond donors (Lipinski definition) is 2. The molecular formula is C16H14N2O3S. The van der Waals surface area contributed by atoms with E-state index in [1.54, 1.807) is 0 Å². The Morgan fingerprint density at radius 1 is 1.27 bits per heavy atom. The number of aliphatic hydroxyl groups excluding tert-OH is 1. The summed E-state index contributed by atoms with van der Waals surface area (Å²) in [6.45, 7) is -0.193. The number of nitrogens with one attached hydrogen (secondary N) is 1. The Morgan fingerprint density at radius 3 is 2.77 bits per heavy atom. The summed E-state index contributed by atoms with van der Waals surface area (Å²) in [4.78, 5) is 17.3. The molecule has 0 aliphatic rings. The Morgan fingerprint density at radius 2 is 2.09 bits per heavy atom. The molecule has 0 fully saturated rings. The van der Waals surface area contributed by atoms with Crippen LogP contribution in [0.3, 0.4) is 0 Å². The quantitative estimate of drug-likeness (QED) is 0.759. The van der Waals surface area contributed by atoms with Crippen LogP contribution in [0.5, 0.6) is 0 Å². The molecule has 0 saturated heterocycles. The normalized spacial score (nSPS) is 12.0. The van der Waals surface area contributed by atoms with E-state index in [-0.39, 0.29) is 18.2 Å². The second-order valence-corrected chi connectivity index (χ2v) is 5.57. The standard InChI is InChI=1S/C16H14N2O3S/c19-9-12(11-5-2-1-3-6-11)18-16(20)14-15(21-10-17-14)13-7-4-8-22-13/h1-8,10,12,19H,9H2,(H,18,20)/t12-/m1/s1. The average molecular weight is 314 g/mol. The summed E-state index contributed by atoms with van der Waals surface area (Å²) in [6, 6.07) is 12.6. The molecule has 3 aromatic rings. The molecule has 112 valence electrons. The van der Waals surface area contributed by atoms with Crippen LogP contribution in [0.4, 0.5) is 0 Å². The van der Waals surface area contributed by atoms with Gasteiger partial charge in [-0.25, -0.2) is 4.98 Å². The largest absolute Gasteiger partial charge is 0.442 e. The van der Waals surface area contributed by atoms with Crippen LogP contribution in [-0.4, -0.2) is 22.6 Å². The van der Waals surface area contributed by atoms with E-state index < -0.39 is 6.04 Å². The van der Waals surface area contributed by atoms with Crippen molar-refractivity contribution in [3.63, 3.8) is 0 Å². The minimum atomic E-state index is -0.485. The van der Waals surface area contributed by atoms with Gasteiger partial charge < -0.3 is 14.8 Å². The highest BCUT2D eigenvalue weighted by Crippen LogP contribution is 2.27. The molecule has 0 unspecified atom stereocenters. The molecule has 6 heteroatoms. The molecule has 0 saturated carbocycles. The lowest BCUT2D eigenvalue weighted by atomic mass is 10.1. The Kier molecular flexibility index (Phi) is 4.32. The van der Waals surface area contributed by atoms with Gasteiger partial charge in [0.25, 0.3) is 5.91 Å². The first-order valence-electron chi connectivity index (χ1n) is 6.73. The lowest BCUT2D eigenvalue weighted by Crippen LogP contribution is -2.31. The fraction of sp³-hybridized carbons (Fsp3) is 0.125. The molecule has 0 radical (unpaired) electrons. The second kappa shape index (κ2) is 6.55. The van der Waals surface area contributed by atoms with Gasteiger partial charge in [-0.05, 0) is 17.0 Å².